The number of hydrogen-bond donors (Lipinski definition) is 1. The summed E-state index contributed by atoms with van der Waals surface area (Å²) in [6, 6.07) is 6.30. The van der Waals surface area contributed by atoms with E-state index in [-0.39, 0.29) is 16.8 Å². The first-order valence-electron chi connectivity index (χ1n) is 11.1. The predicted molar refractivity (Wildman–Crippen MR) is 123 cm³/mol. The lowest BCUT2D eigenvalue weighted by atomic mass is 10.0. The SMILES string of the molecule is CCC1CCCCN1S(=O)(=O)c1ccc(C(=O)Nc2nc3c(s2)CN(CC)CC3)cc1. The van der Waals surface area contributed by atoms with Gasteiger partial charge in [0.15, 0.2) is 5.13 Å². The second-order valence-corrected chi connectivity index (χ2v) is 11.1. The Hall–Kier alpha value is -1.81. The van der Waals surface area contributed by atoms with Crippen LogP contribution in [0.25, 0.3) is 0 Å². The molecule has 9 heteroatoms. The number of aromatic nitrogens is 1. The van der Waals surface area contributed by atoms with Crippen LogP contribution in [0, 0.1) is 0 Å². The smallest absolute Gasteiger partial charge is 0.257 e. The van der Waals surface area contributed by atoms with Crippen LogP contribution in [-0.2, 0) is 23.0 Å². The zero-order chi connectivity index (χ0) is 22.0. The van der Waals surface area contributed by atoms with Crippen molar-refractivity contribution >= 4 is 32.4 Å². The summed E-state index contributed by atoms with van der Waals surface area (Å²) in [6.45, 7) is 7.61. The summed E-state index contributed by atoms with van der Waals surface area (Å²) >= 11 is 1.52. The molecule has 7 nitrogen and oxygen atoms in total. The number of nitrogens with one attached hydrogen (secondary N) is 1. The minimum atomic E-state index is -3.55. The molecule has 3 heterocycles. The highest BCUT2D eigenvalue weighted by atomic mass is 32.2. The van der Waals surface area contributed by atoms with Gasteiger partial charge in [0, 0.05) is 42.5 Å². The number of benzene rings is 1. The molecule has 1 atom stereocenters. The number of piperidine rings is 1. The van der Waals surface area contributed by atoms with Gasteiger partial charge in [0.1, 0.15) is 0 Å². The van der Waals surface area contributed by atoms with Crippen LogP contribution in [0.3, 0.4) is 0 Å². The van der Waals surface area contributed by atoms with Gasteiger partial charge in [-0.15, -0.1) is 11.3 Å². The van der Waals surface area contributed by atoms with E-state index in [1.54, 1.807) is 16.4 Å². The Kier molecular flexibility index (Phi) is 6.76. The number of hydrogen-bond acceptors (Lipinski definition) is 6. The van der Waals surface area contributed by atoms with Crippen LogP contribution in [0.15, 0.2) is 29.2 Å². The van der Waals surface area contributed by atoms with E-state index in [4.69, 9.17) is 0 Å². The van der Waals surface area contributed by atoms with Gasteiger partial charge in [-0.05, 0) is 50.1 Å². The van der Waals surface area contributed by atoms with Crippen molar-refractivity contribution in [2.45, 2.75) is 63.4 Å². The molecule has 1 aromatic carbocycles. The molecule has 1 N–H and O–H groups in total. The van der Waals surface area contributed by atoms with E-state index < -0.39 is 10.0 Å². The maximum atomic E-state index is 13.1. The molecule has 0 bridgehead atoms. The number of sulfonamides is 1. The minimum absolute atomic E-state index is 0.0568. The lowest BCUT2D eigenvalue weighted by molar-refractivity contribution is 0.102. The molecule has 0 radical (unpaired) electrons. The van der Waals surface area contributed by atoms with Gasteiger partial charge >= 0.3 is 0 Å². The molecule has 1 aromatic heterocycles. The first-order chi connectivity index (χ1) is 14.9. The third-order valence-electron chi connectivity index (χ3n) is 6.25. The highest BCUT2D eigenvalue weighted by Crippen LogP contribution is 2.29. The molecule has 1 saturated heterocycles. The van der Waals surface area contributed by atoms with Gasteiger partial charge in [-0.25, -0.2) is 13.4 Å². The van der Waals surface area contributed by atoms with Crippen LogP contribution in [0.4, 0.5) is 5.13 Å². The first kappa shape index (κ1) is 22.4. The fourth-order valence-corrected chi connectivity index (χ4v) is 7.17. The van der Waals surface area contributed by atoms with Crippen LogP contribution >= 0.6 is 11.3 Å². The molecule has 1 unspecified atom stereocenters. The van der Waals surface area contributed by atoms with Crippen molar-refractivity contribution in [3.05, 3.63) is 40.4 Å². The Labute approximate surface area is 188 Å². The molecule has 0 aliphatic carbocycles. The van der Waals surface area contributed by atoms with E-state index in [9.17, 15) is 13.2 Å². The van der Waals surface area contributed by atoms with Crippen molar-refractivity contribution < 1.29 is 13.2 Å². The highest BCUT2D eigenvalue weighted by molar-refractivity contribution is 7.89. The van der Waals surface area contributed by atoms with E-state index in [0.717, 1.165) is 57.4 Å². The number of fused-ring (bicyclic) bond motifs is 1. The van der Waals surface area contributed by atoms with Gasteiger partial charge in [-0.1, -0.05) is 20.3 Å². The maximum Gasteiger partial charge on any atom is 0.257 e. The van der Waals surface area contributed by atoms with Crippen LogP contribution in [0.2, 0.25) is 0 Å². The average Bonchev–Trinajstić information content (AvgIpc) is 3.20. The minimum Gasteiger partial charge on any atom is -0.298 e. The molecule has 2 aromatic rings. The monoisotopic (exact) mass is 462 g/mol. The number of thiazole rings is 1. The van der Waals surface area contributed by atoms with Gasteiger partial charge in [0.25, 0.3) is 5.91 Å². The van der Waals surface area contributed by atoms with Crippen LogP contribution < -0.4 is 5.32 Å². The second-order valence-electron chi connectivity index (χ2n) is 8.16. The Morgan fingerprint density at radius 1 is 1.19 bits per heavy atom. The lowest BCUT2D eigenvalue weighted by Gasteiger charge is -2.34. The number of rotatable bonds is 6. The lowest BCUT2D eigenvalue weighted by Crippen LogP contribution is -2.43. The van der Waals surface area contributed by atoms with Crippen molar-refractivity contribution in [2.24, 2.45) is 0 Å². The molecule has 31 heavy (non-hydrogen) atoms. The summed E-state index contributed by atoms with van der Waals surface area (Å²) in [5.41, 5.74) is 1.49. The predicted octanol–water partition coefficient (Wildman–Crippen LogP) is 3.73. The maximum absolute atomic E-state index is 13.1. The van der Waals surface area contributed by atoms with E-state index in [1.165, 1.54) is 28.3 Å². The first-order valence-corrected chi connectivity index (χ1v) is 13.3. The third-order valence-corrected chi connectivity index (χ3v) is 9.21. The normalized spacial score (nSPS) is 20.4. The Morgan fingerprint density at radius 2 is 1.97 bits per heavy atom. The fraction of sp³-hybridized carbons (Fsp3) is 0.545. The summed E-state index contributed by atoms with van der Waals surface area (Å²) in [5, 5.41) is 3.48. The number of nitrogens with zero attached hydrogens (tertiary/aromatic N) is 3. The van der Waals surface area contributed by atoms with Crippen molar-refractivity contribution in [3.8, 4) is 0 Å². The zero-order valence-corrected chi connectivity index (χ0v) is 19.8. The van der Waals surface area contributed by atoms with E-state index in [2.05, 4.69) is 22.1 Å². The van der Waals surface area contributed by atoms with Gasteiger partial charge in [0.05, 0.1) is 10.6 Å². The number of amides is 1. The number of anilines is 1. The summed E-state index contributed by atoms with van der Waals surface area (Å²) in [7, 11) is -3.55. The molecule has 1 fully saturated rings. The molecule has 0 saturated carbocycles. The molecular weight excluding hydrogens is 432 g/mol. The topological polar surface area (TPSA) is 82.6 Å². The molecular formula is C22H30N4O3S2. The fourth-order valence-electron chi connectivity index (χ4n) is 4.35. The van der Waals surface area contributed by atoms with Crippen LogP contribution in [0.5, 0.6) is 0 Å². The summed E-state index contributed by atoms with van der Waals surface area (Å²) in [5.74, 6) is -0.271. The molecule has 168 valence electrons. The van der Waals surface area contributed by atoms with E-state index in [0.29, 0.717) is 17.2 Å². The van der Waals surface area contributed by atoms with Gasteiger partial charge in [-0.2, -0.15) is 4.31 Å². The quantitative estimate of drug-likeness (QED) is 0.707. The van der Waals surface area contributed by atoms with Crippen LogP contribution in [-0.4, -0.2) is 54.2 Å². The molecule has 1 amide bonds. The largest absolute Gasteiger partial charge is 0.298 e. The summed E-state index contributed by atoms with van der Waals surface area (Å²) in [4.78, 5) is 21.1. The standard InChI is InChI=1S/C22H30N4O3S2/c1-3-17-7-5-6-13-26(17)31(28,29)18-10-8-16(9-11-18)21(27)24-22-23-19-12-14-25(4-2)15-20(19)30-22/h8-11,17H,3-7,12-15H2,1-2H3,(H,23,24,27). The Morgan fingerprint density at radius 3 is 2.68 bits per heavy atom. The van der Waals surface area contributed by atoms with E-state index in [1.807, 2.05) is 6.92 Å². The number of carbonyl (C=O) groups is 1. The summed E-state index contributed by atoms with van der Waals surface area (Å²) < 4.78 is 27.8. The van der Waals surface area contributed by atoms with Crippen molar-refractivity contribution in [2.75, 3.05) is 25.0 Å². The second kappa shape index (κ2) is 9.36. The average molecular weight is 463 g/mol. The molecule has 4 rings (SSSR count). The Bertz CT molecular complexity index is 1030. The van der Waals surface area contributed by atoms with Crippen molar-refractivity contribution in [1.29, 1.82) is 0 Å². The van der Waals surface area contributed by atoms with Gasteiger partial charge in [-0.3, -0.25) is 15.0 Å². The Balaban J connectivity index is 1.46. The molecule has 2 aliphatic heterocycles. The third kappa shape index (κ3) is 4.69. The van der Waals surface area contributed by atoms with Crippen molar-refractivity contribution in [1.82, 2.24) is 14.2 Å². The van der Waals surface area contributed by atoms with Crippen molar-refractivity contribution in [3.63, 3.8) is 0 Å². The molecule has 0 spiro atoms. The number of likely N-dealkylation sites (N-methyl/N-ethyl adjacent to an activating group) is 1. The van der Waals surface area contributed by atoms with Gasteiger partial charge < -0.3 is 0 Å². The summed E-state index contributed by atoms with van der Waals surface area (Å²) in [6.07, 6.45) is 4.58. The number of carbonyl (C=O) groups excluding carboxylic acids is 1. The van der Waals surface area contributed by atoms with Crippen LogP contribution in [0.1, 0.15) is 60.5 Å². The van der Waals surface area contributed by atoms with Gasteiger partial charge in [0.2, 0.25) is 10.0 Å². The molecule has 2 aliphatic rings. The highest BCUT2D eigenvalue weighted by Gasteiger charge is 2.32. The zero-order valence-electron chi connectivity index (χ0n) is 18.1. The van der Waals surface area contributed by atoms with E-state index >= 15 is 0 Å².